The van der Waals surface area contributed by atoms with E-state index in [1.807, 2.05) is 13.0 Å². The lowest BCUT2D eigenvalue weighted by Crippen LogP contribution is -2.03. The number of alkyl halides is 1. The molecule has 0 aliphatic carbocycles. The van der Waals surface area contributed by atoms with Gasteiger partial charge in [0.15, 0.2) is 0 Å². The predicted molar refractivity (Wildman–Crippen MR) is 62.4 cm³/mol. The minimum atomic E-state index is 0.184. The van der Waals surface area contributed by atoms with Gasteiger partial charge in [0.2, 0.25) is 0 Å². The number of hydrogen-bond donors (Lipinski definition) is 0. The van der Waals surface area contributed by atoms with E-state index >= 15 is 0 Å². The van der Waals surface area contributed by atoms with Gasteiger partial charge >= 0.3 is 0 Å². The second-order valence-corrected chi connectivity index (χ2v) is 4.04. The van der Waals surface area contributed by atoms with Gasteiger partial charge in [0.05, 0.1) is 0 Å². The lowest BCUT2D eigenvalue weighted by molar-refractivity contribution is -0.118. The fourth-order valence-corrected chi connectivity index (χ4v) is 1.70. The largest absolute Gasteiger partial charge is 0.360 e. The summed E-state index contributed by atoms with van der Waals surface area (Å²) in [7, 11) is 0. The maximum atomic E-state index is 11.4. The second-order valence-electron chi connectivity index (χ2n) is 3.25. The first-order chi connectivity index (χ1) is 7.17. The Balaban J connectivity index is 2.76. The topological polar surface area (TPSA) is 34.3 Å². The number of Topliss-reactive ketones (excluding diaryl/α,β-unsaturated/α-hetero) is 1. The van der Waals surface area contributed by atoms with Crippen molar-refractivity contribution in [2.75, 3.05) is 5.33 Å². The highest BCUT2D eigenvalue weighted by Gasteiger charge is 2.06. The summed E-state index contributed by atoms with van der Waals surface area (Å²) in [4.78, 5) is 18.6. The van der Waals surface area contributed by atoms with Crippen LogP contribution in [0.4, 0.5) is 5.82 Å². The Morgan fingerprint density at radius 1 is 1.67 bits per heavy atom. The molecule has 15 heavy (non-hydrogen) atoms. The molecule has 0 amide bonds. The number of nitrogens with zero attached hydrogens (tertiary/aromatic N) is 2. The van der Waals surface area contributed by atoms with Gasteiger partial charge in [0.1, 0.15) is 12.0 Å². The minimum absolute atomic E-state index is 0.184. The number of aryl methyl sites for hydroxylation is 1. The first-order valence-corrected chi connectivity index (χ1v) is 5.70. The molecule has 0 fully saturated rings. The van der Waals surface area contributed by atoms with Crippen LogP contribution in [-0.2, 0) is 11.2 Å². The van der Waals surface area contributed by atoms with Crippen molar-refractivity contribution in [3.63, 3.8) is 0 Å². The van der Waals surface area contributed by atoms with Gasteiger partial charge in [-0.05, 0) is 12.5 Å². The highest BCUT2D eigenvalue weighted by Crippen LogP contribution is 2.16. The average Bonchev–Trinajstić information content (AvgIpc) is 2.18. The Kier molecular flexibility index (Phi) is 4.44. The van der Waals surface area contributed by atoms with Crippen LogP contribution in [0.3, 0.4) is 0 Å². The molecule has 0 radical (unpaired) electrons. The summed E-state index contributed by atoms with van der Waals surface area (Å²) in [5.41, 5.74) is 1.71. The minimum Gasteiger partial charge on any atom is -0.360 e. The van der Waals surface area contributed by atoms with Crippen molar-refractivity contribution in [1.29, 1.82) is 0 Å². The zero-order valence-corrected chi connectivity index (χ0v) is 10.0. The molecule has 0 atom stereocenters. The summed E-state index contributed by atoms with van der Waals surface area (Å²) < 4.78 is 0. The first kappa shape index (κ1) is 11.9. The fraction of sp³-hybridized carbons (Fsp3) is 0.364. The van der Waals surface area contributed by atoms with E-state index in [1.54, 1.807) is 6.20 Å². The first-order valence-electron chi connectivity index (χ1n) is 4.58. The molecule has 1 aromatic rings. The number of carbonyl (C=O) groups is 1. The van der Waals surface area contributed by atoms with Crippen molar-refractivity contribution in [1.82, 2.24) is 4.98 Å². The Hall–Kier alpha value is -1.21. The van der Waals surface area contributed by atoms with Crippen LogP contribution >= 0.6 is 15.9 Å². The molecule has 0 saturated heterocycles. The Labute approximate surface area is 97.5 Å². The van der Waals surface area contributed by atoms with Crippen molar-refractivity contribution < 1.29 is 4.79 Å². The van der Waals surface area contributed by atoms with Gasteiger partial charge in [-0.1, -0.05) is 28.6 Å². The molecule has 0 aromatic carbocycles. The van der Waals surface area contributed by atoms with E-state index in [4.69, 9.17) is 6.57 Å². The molecule has 1 heterocycles. The third-order valence-electron chi connectivity index (χ3n) is 1.99. The van der Waals surface area contributed by atoms with E-state index in [-0.39, 0.29) is 5.78 Å². The van der Waals surface area contributed by atoms with Crippen LogP contribution in [0.15, 0.2) is 12.3 Å². The Morgan fingerprint density at radius 3 is 2.93 bits per heavy atom. The third-order valence-corrected chi connectivity index (χ3v) is 2.38. The molecule has 0 N–H and O–H groups in total. The van der Waals surface area contributed by atoms with Gasteiger partial charge in [-0.25, -0.2) is 0 Å². The molecule has 0 aliphatic heterocycles. The second kappa shape index (κ2) is 5.62. The standard InChI is InChI=1S/C11H11BrN2O/c1-8-5-9(6-10(15)3-4-12)7-14-11(8)13-2/h5,7H,3-4,6H2,1H3. The van der Waals surface area contributed by atoms with Crippen LogP contribution < -0.4 is 0 Å². The Morgan fingerprint density at radius 2 is 2.40 bits per heavy atom. The maximum absolute atomic E-state index is 11.4. The monoisotopic (exact) mass is 266 g/mol. The van der Waals surface area contributed by atoms with Crippen molar-refractivity contribution in [3.8, 4) is 0 Å². The highest BCUT2D eigenvalue weighted by atomic mass is 79.9. The van der Waals surface area contributed by atoms with E-state index in [0.29, 0.717) is 24.0 Å². The molecule has 1 aromatic heterocycles. The lowest BCUT2D eigenvalue weighted by Gasteiger charge is -2.00. The summed E-state index contributed by atoms with van der Waals surface area (Å²) >= 11 is 3.22. The molecule has 0 bridgehead atoms. The number of halogens is 1. The van der Waals surface area contributed by atoms with Gasteiger partial charge in [-0.2, -0.15) is 0 Å². The van der Waals surface area contributed by atoms with Crippen molar-refractivity contribution in [2.24, 2.45) is 0 Å². The molecule has 0 spiro atoms. The summed E-state index contributed by atoms with van der Waals surface area (Å²) in [6, 6.07) is 1.85. The summed E-state index contributed by atoms with van der Waals surface area (Å²) in [6.45, 7) is 8.68. The zero-order valence-electron chi connectivity index (χ0n) is 8.46. The van der Waals surface area contributed by atoms with Gasteiger partial charge in [-0.15, -0.1) is 4.98 Å². The molecule has 0 aliphatic rings. The third kappa shape index (κ3) is 3.45. The van der Waals surface area contributed by atoms with E-state index in [1.165, 1.54) is 0 Å². The smallest absolute Gasteiger partial charge is 0.272 e. The maximum Gasteiger partial charge on any atom is 0.272 e. The van der Waals surface area contributed by atoms with E-state index < -0.39 is 0 Å². The van der Waals surface area contributed by atoms with Crippen LogP contribution in [-0.4, -0.2) is 16.1 Å². The van der Waals surface area contributed by atoms with Crippen LogP contribution in [0.2, 0.25) is 0 Å². The molecule has 4 heteroatoms. The summed E-state index contributed by atoms with van der Waals surface area (Å²) in [6.07, 6.45) is 2.54. The molecule has 78 valence electrons. The average molecular weight is 267 g/mol. The number of ketones is 1. The molecule has 3 nitrogen and oxygen atoms in total. The van der Waals surface area contributed by atoms with Crippen LogP contribution in [0, 0.1) is 13.5 Å². The van der Waals surface area contributed by atoms with Crippen molar-refractivity contribution in [3.05, 3.63) is 34.8 Å². The normalized spacial score (nSPS) is 9.67. The van der Waals surface area contributed by atoms with Crippen LogP contribution in [0.5, 0.6) is 0 Å². The van der Waals surface area contributed by atoms with Gasteiger partial charge < -0.3 is 4.85 Å². The number of aromatic nitrogens is 1. The van der Waals surface area contributed by atoms with E-state index in [9.17, 15) is 4.79 Å². The van der Waals surface area contributed by atoms with Crippen molar-refractivity contribution >= 4 is 27.5 Å². The molecule has 0 unspecified atom stereocenters. The molecular formula is C11H11BrN2O. The van der Waals surface area contributed by atoms with Crippen molar-refractivity contribution in [2.45, 2.75) is 19.8 Å². The predicted octanol–water partition coefficient (Wildman–Crippen LogP) is 2.84. The number of rotatable bonds is 4. The molecular weight excluding hydrogens is 256 g/mol. The molecule has 1 rings (SSSR count). The Bertz CT molecular complexity index is 410. The molecule has 0 saturated carbocycles. The number of carbonyl (C=O) groups excluding carboxylic acids is 1. The highest BCUT2D eigenvalue weighted by molar-refractivity contribution is 9.09. The van der Waals surface area contributed by atoms with Gasteiger partial charge in [0, 0.05) is 23.7 Å². The van der Waals surface area contributed by atoms with E-state index in [2.05, 4.69) is 25.8 Å². The van der Waals surface area contributed by atoms with Gasteiger partial charge in [-0.3, -0.25) is 4.79 Å². The quantitative estimate of drug-likeness (QED) is 0.621. The van der Waals surface area contributed by atoms with E-state index in [0.717, 1.165) is 11.1 Å². The lowest BCUT2D eigenvalue weighted by atomic mass is 10.1. The summed E-state index contributed by atoms with van der Waals surface area (Å²) in [5, 5.41) is 0.693. The number of pyridine rings is 1. The zero-order chi connectivity index (χ0) is 11.3. The SMILES string of the molecule is [C-]#[N+]c1ncc(CC(=O)CCBr)cc1C. The van der Waals surface area contributed by atoms with Crippen LogP contribution in [0.25, 0.3) is 4.85 Å². The van der Waals surface area contributed by atoms with Gasteiger partial charge in [0.25, 0.3) is 5.82 Å². The number of hydrogen-bond acceptors (Lipinski definition) is 2. The fourth-order valence-electron chi connectivity index (χ4n) is 1.26. The van der Waals surface area contributed by atoms with Crippen LogP contribution in [0.1, 0.15) is 17.5 Å². The summed E-state index contributed by atoms with van der Waals surface area (Å²) in [5.74, 6) is 0.593.